The van der Waals surface area contributed by atoms with Crippen LogP contribution in [0.5, 0.6) is 0 Å². The molecule has 1 aliphatic heterocycles. The number of nitrogens with zero attached hydrogens (tertiary/aromatic N) is 4. The monoisotopic (exact) mass is 306 g/mol. The van der Waals surface area contributed by atoms with Crippen LogP contribution in [-0.4, -0.2) is 32.1 Å². The molecule has 1 aliphatic rings. The second kappa shape index (κ2) is 6.12. The molecule has 0 amide bonds. The summed E-state index contributed by atoms with van der Waals surface area (Å²) in [4.78, 5) is 10.9. The molecule has 0 aliphatic carbocycles. The Kier molecular flexibility index (Phi) is 4.22. The van der Waals surface area contributed by atoms with Crippen molar-refractivity contribution in [3.63, 3.8) is 0 Å². The number of halogens is 1. The SMILES string of the molecule is C[C@@H]1CCC[C@@H](C)N1Cc1nc(-c2cccnc2Cl)no1. The minimum Gasteiger partial charge on any atom is -0.338 e. The van der Waals surface area contributed by atoms with Gasteiger partial charge in [0.05, 0.1) is 12.1 Å². The molecule has 21 heavy (non-hydrogen) atoms. The Morgan fingerprint density at radius 1 is 1.33 bits per heavy atom. The van der Waals surface area contributed by atoms with E-state index in [2.05, 4.69) is 33.9 Å². The summed E-state index contributed by atoms with van der Waals surface area (Å²) in [5.41, 5.74) is 0.703. The quantitative estimate of drug-likeness (QED) is 0.812. The van der Waals surface area contributed by atoms with Gasteiger partial charge in [0.25, 0.3) is 0 Å². The molecule has 2 aromatic rings. The number of rotatable bonds is 3. The van der Waals surface area contributed by atoms with Crippen LogP contribution in [0.25, 0.3) is 11.4 Å². The Bertz CT molecular complexity index is 605. The number of piperidine rings is 1. The largest absolute Gasteiger partial charge is 0.338 e. The van der Waals surface area contributed by atoms with Crippen LogP contribution in [0.3, 0.4) is 0 Å². The molecule has 1 saturated heterocycles. The predicted molar refractivity (Wildman–Crippen MR) is 80.9 cm³/mol. The van der Waals surface area contributed by atoms with Gasteiger partial charge < -0.3 is 4.52 Å². The molecule has 112 valence electrons. The lowest BCUT2D eigenvalue weighted by molar-refractivity contribution is 0.0825. The van der Waals surface area contributed by atoms with Gasteiger partial charge in [-0.25, -0.2) is 4.98 Å². The molecule has 1 fully saturated rings. The average Bonchev–Trinajstić information content (AvgIpc) is 2.92. The maximum Gasteiger partial charge on any atom is 0.241 e. The Balaban J connectivity index is 1.78. The van der Waals surface area contributed by atoms with E-state index in [0.29, 0.717) is 41.1 Å². The number of pyridine rings is 1. The lowest BCUT2D eigenvalue weighted by atomic mass is 9.98. The highest BCUT2D eigenvalue weighted by molar-refractivity contribution is 6.31. The van der Waals surface area contributed by atoms with Crippen LogP contribution in [0.4, 0.5) is 0 Å². The van der Waals surface area contributed by atoms with Crippen molar-refractivity contribution in [1.82, 2.24) is 20.0 Å². The van der Waals surface area contributed by atoms with Crippen LogP contribution in [0, 0.1) is 0 Å². The van der Waals surface area contributed by atoms with E-state index in [9.17, 15) is 0 Å². The molecule has 0 saturated carbocycles. The highest BCUT2D eigenvalue weighted by Crippen LogP contribution is 2.26. The standard InChI is InChI=1S/C15H19ClN4O/c1-10-5-3-6-11(2)20(10)9-13-18-15(19-21-13)12-7-4-8-17-14(12)16/h4,7-8,10-11H,3,5-6,9H2,1-2H3/t10-,11-/m1/s1. The molecule has 3 heterocycles. The van der Waals surface area contributed by atoms with E-state index in [0.717, 1.165) is 0 Å². The molecule has 0 N–H and O–H groups in total. The maximum atomic E-state index is 6.06. The van der Waals surface area contributed by atoms with Crippen LogP contribution in [-0.2, 0) is 6.54 Å². The summed E-state index contributed by atoms with van der Waals surface area (Å²) in [6.45, 7) is 5.20. The van der Waals surface area contributed by atoms with Crippen LogP contribution in [0.15, 0.2) is 22.9 Å². The molecule has 0 unspecified atom stereocenters. The van der Waals surface area contributed by atoms with Gasteiger partial charge in [-0.05, 0) is 38.8 Å². The van der Waals surface area contributed by atoms with E-state index in [-0.39, 0.29) is 0 Å². The first-order valence-corrected chi connectivity index (χ1v) is 7.72. The van der Waals surface area contributed by atoms with Gasteiger partial charge in [-0.3, -0.25) is 4.90 Å². The van der Waals surface area contributed by atoms with E-state index in [4.69, 9.17) is 16.1 Å². The third kappa shape index (κ3) is 3.09. The fraction of sp³-hybridized carbons (Fsp3) is 0.533. The van der Waals surface area contributed by atoms with Crippen molar-refractivity contribution in [2.24, 2.45) is 0 Å². The Hall–Kier alpha value is -1.46. The number of hydrogen-bond donors (Lipinski definition) is 0. The minimum atomic E-state index is 0.393. The molecular weight excluding hydrogens is 288 g/mol. The summed E-state index contributed by atoms with van der Waals surface area (Å²) in [5, 5.41) is 4.42. The van der Waals surface area contributed by atoms with Gasteiger partial charge in [-0.2, -0.15) is 4.98 Å². The molecule has 0 spiro atoms. The first-order chi connectivity index (χ1) is 10.1. The van der Waals surface area contributed by atoms with Crippen molar-refractivity contribution in [3.8, 4) is 11.4 Å². The fourth-order valence-electron chi connectivity index (χ4n) is 2.92. The molecule has 5 nitrogen and oxygen atoms in total. The van der Waals surface area contributed by atoms with Crippen molar-refractivity contribution in [1.29, 1.82) is 0 Å². The lowest BCUT2D eigenvalue weighted by Crippen LogP contribution is -2.43. The van der Waals surface area contributed by atoms with E-state index in [1.54, 1.807) is 6.20 Å². The zero-order chi connectivity index (χ0) is 14.8. The van der Waals surface area contributed by atoms with Gasteiger partial charge in [0.2, 0.25) is 11.7 Å². The molecule has 0 aromatic carbocycles. The van der Waals surface area contributed by atoms with E-state index < -0.39 is 0 Å². The predicted octanol–water partition coefficient (Wildman–Crippen LogP) is 3.55. The Morgan fingerprint density at radius 3 is 2.81 bits per heavy atom. The third-order valence-electron chi connectivity index (χ3n) is 4.16. The van der Waals surface area contributed by atoms with Crippen molar-refractivity contribution in [2.75, 3.05) is 0 Å². The minimum absolute atomic E-state index is 0.393. The fourth-order valence-corrected chi connectivity index (χ4v) is 3.13. The molecule has 3 rings (SSSR count). The second-order valence-corrected chi connectivity index (χ2v) is 6.01. The van der Waals surface area contributed by atoms with E-state index in [1.807, 2.05) is 12.1 Å². The van der Waals surface area contributed by atoms with Crippen molar-refractivity contribution < 1.29 is 4.52 Å². The van der Waals surface area contributed by atoms with Gasteiger partial charge in [-0.15, -0.1) is 0 Å². The Morgan fingerprint density at radius 2 is 2.10 bits per heavy atom. The van der Waals surface area contributed by atoms with Gasteiger partial charge in [0.1, 0.15) is 5.15 Å². The summed E-state index contributed by atoms with van der Waals surface area (Å²) >= 11 is 6.06. The van der Waals surface area contributed by atoms with Gasteiger partial charge in [0.15, 0.2) is 0 Å². The molecule has 6 heteroatoms. The third-order valence-corrected chi connectivity index (χ3v) is 4.46. The van der Waals surface area contributed by atoms with Crippen LogP contribution in [0.2, 0.25) is 5.15 Å². The summed E-state index contributed by atoms with van der Waals surface area (Å²) < 4.78 is 5.38. The van der Waals surface area contributed by atoms with Gasteiger partial charge in [-0.1, -0.05) is 23.2 Å². The van der Waals surface area contributed by atoms with Gasteiger partial charge >= 0.3 is 0 Å². The molecule has 2 atom stereocenters. The normalized spacial score (nSPS) is 23.4. The molecular formula is C15H19ClN4O. The van der Waals surface area contributed by atoms with E-state index in [1.165, 1.54) is 19.3 Å². The first kappa shape index (κ1) is 14.5. The van der Waals surface area contributed by atoms with Crippen LogP contribution < -0.4 is 0 Å². The summed E-state index contributed by atoms with van der Waals surface area (Å²) in [5.74, 6) is 1.13. The van der Waals surface area contributed by atoms with Crippen molar-refractivity contribution >= 4 is 11.6 Å². The first-order valence-electron chi connectivity index (χ1n) is 7.34. The number of hydrogen-bond acceptors (Lipinski definition) is 5. The molecule has 0 radical (unpaired) electrons. The average molecular weight is 307 g/mol. The van der Waals surface area contributed by atoms with Crippen molar-refractivity contribution in [3.05, 3.63) is 29.4 Å². The summed E-state index contributed by atoms with van der Waals surface area (Å²) in [6.07, 6.45) is 5.38. The second-order valence-electron chi connectivity index (χ2n) is 5.65. The summed E-state index contributed by atoms with van der Waals surface area (Å²) in [6, 6.07) is 4.75. The topological polar surface area (TPSA) is 55.1 Å². The van der Waals surface area contributed by atoms with Crippen molar-refractivity contribution in [2.45, 2.75) is 51.7 Å². The smallest absolute Gasteiger partial charge is 0.241 e. The summed E-state index contributed by atoms with van der Waals surface area (Å²) in [7, 11) is 0. The molecule has 2 aromatic heterocycles. The lowest BCUT2D eigenvalue weighted by Gasteiger charge is -2.37. The molecule has 0 bridgehead atoms. The highest BCUT2D eigenvalue weighted by Gasteiger charge is 2.26. The zero-order valence-electron chi connectivity index (χ0n) is 12.3. The maximum absolute atomic E-state index is 6.06. The van der Waals surface area contributed by atoms with Gasteiger partial charge in [0, 0.05) is 18.3 Å². The van der Waals surface area contributed by atoms with E-state index >= 15 is 0 Å². The number of likely N-dealkylation sites (tertiary alicyclic amines) is 1. The zero-order valence-corrected chi connectivity index (χ0v) is 13.0. The Labute approximate surface area is 129 Å². The van der Waals surface area contributed by atoms with Crippen LogP contribution >= 0.6 is 11.6 Å². The number of aromatic nitrogens is 3. The highest BCUT2D eigenvalue weighted by atomic mass is 35.5. The van der Waals surface area contributed by atoms with Crippen LogP contribution in [0.1, 0.15) is 39.0 Å².